The van der Waals surface area contributed by atoms with Crippen molar-refractivity contribution in [2.24, 2.45) is 7.05 Å². The number of amides is 1. The van der Waals surface area contributed by atoms with Crippen LogP contribution in [0, 0.1) is 20.8 Å². The number of nitrogens with zero attached hydrogens (tertiary/aromatic N) is 3. The number of rotatable bonds is 7. The Morgan fingerprint density at radius 1 is 1.14 bits per heavy atom. The fourth-order valence-corrected chi connectivity index (χ4v) is 3.71. The van der Waals surface area contributed by atoms with Crippen molar-refractivity contribution in [3.05, 3.63) is 63.9 Å². The minimum atomic E-state index is -0.128. The van der Waals surface area contributed by atoms with E-state index in [0.29, 0.717) is 28.3 Å². The smallest absolute Gasteiger partial charge is 0.234 e. The number of aromatic nitrogens is 3. The Morgan fingerprint density at radius 3 is 2.59 bits per heavy atom. The highest BCUT2D eigenvalue weighted by Crippen LogP contribution is 2.24. The van der Waals surface area contributed by atoms with Gasteiger partial charge in [0.15, 0.2) is 11.0 Å². The molecule has 152 valence electrons. The average Bonchev–Trinajstić information content (AvgIpc) is 3.02. The van der Waals surface area contributed by atoms with Gasteiger partial charge in [0.1, 0.15) is 12.4 Å². The normalized spacial score (nSPS) is 10.8. The molecule has 0 saturated heterocycles. The van der Waals surface area contributed by atoms with E-state index in [-0.39, 0.29) is 11.7 Å². The number of para-hydroxylation sites is 1. The van der Waals surface area contributed by atoms with E-state index in [9.17, 15) is 4.79 Å². The molecule has 8 heteroatoms. The van der Waals surface area contributed by atoms with Gasteiger partial charge in [-0.25, -0.2) is 0 Å². The molecular formula is C21H23ClN4O2S. The first-order valence-electron chi connectivity index (χ1n) is 9.11. The van der Waals surface area contributed by atoms with Gasteiger partial charge in [-0.05, 0) is 49.6 Å². The SMILES string of the molecule is Cc1ccc(Cl)cc1NC(=O)CSc1nnc(COc2c(C)cccc2C)n1C. The fraction of sp³-hybridized carbons (Fsp3) is 0.286. The van der Waals surface area contributed by atoms with Crippen LogP contribution in [0.25, 0.3) is 0 Å². The predicted octanol–water partition coefficient (Wildman–Crippen LogP) is 4.70. The van der Waals surface area contributed by atoms with Crippen LogP contribution >= 0.6 is 23.4 Å². The lowest BCUT2D eigenvalue weighted by Crippen LogP contribution is -2.15. The second kappa shape index (κ2) is 9.33. The van der Waals surface area contributed by atoms with Crippen molar-refractivity contribution >= 4 is 35.0 Å². The molecule has 3 rings (SSSR count). The zero-order valence-corrected chi connectivity index (χ0v) is 18.4. The molecule has 1 N–H and O–H groups in total. The van der Waals surface area contributed by atoms with E-state index >= 15 is 0 Å². The molecule has 2 aromatic carbocycles. The number of benzene rings is 2. The van der Waals surface area contributed by atoms with Crippen molar-refractivity contribution in [2.75, 3.05) is 11.1 Å². The lowest BCUT2D eigenvalue weighted by molar-refractivity contribution is -0.113. The Bertz CT molecular complexity index is 1020. The van der Waals surface area contributed by atoms with Crippen LogP contribution in [0.3, 0.4) is 0 Å². The van der Waals surface area contributed by atoms with Crippen LogP contribution < -0.4 is 10.1 Å². The molecule has 29 heavy (non-hydrogen) atoms. The number of carbonyl (C=O) groups excluding carboxylic acids is 1. The summed E-state index contributed by atoms with van der Waals surface area (Å²) >= 11 is 7.32. The van der Waals surface area contributed by atoms with Gasteiger partial charge in [-0.3, -0.25) is 4.79 Å². The van der Waals surface area contributed by atoms with Crippen LogP contribution in [-0.4, -0.2) is 26.4 Å². The maximum Gasteiger partial charge on any atom is 0.234 e. The van der Waals surface area contributed by atoms with E-state index in [2.05, 4.69) is 15.5 Å². The Hall–Kier alpha value is -2.51. The molecule has 1 heterocycles. The largest absolute Gasteiger partial charge is 0.485 e. The van der Waals surface area contributed by atoms with Crippen molar-refractivity contribution in [1.29, 1.82) is 0 Å². The number of aryl methyl sites for hydroxylation is 3. The lowest BCUT2D eigenvalue weighted by Gasteiger charge is -2.11. The van der Waals surface area contributed by atoms with Crippen molar-refractivity contribution in [2.45, 2.75) is 32.5 Å². The number of thioether (sulfide) groups is 1. The first kappa shape index (κ1) is 21.2. The Labute approximate surface area is 179 Å². The van der Waals surface area contributed by atoms with Gasteiger partial charge in [0, 0.05) is 17.8 Å². The van der Waals surface area contributed by atoms with E-state index in [1.165, 1.54) is 11.8 Å². The molecule has 3 aromatic rings. The molecule has 6 nitrogen and oxygen atoms in total. The highest BCUT2D eigenvalue weighted by molar-refractivity contribution is 7.99. The summed E-state index contributed by atoms with van der Waals surface area (Å²) in [5.74, 6) is 1.65. The van der Waals surface area contributed by atoms with E-state index in [0.717, 1.165) is 22.4 Å². The molecule has 0 aliphatic heterocycles. The zero-order chi connectivity index (χ0) is 21.0. The van der Waals surface area contributed by atoms with Crippen LogP contribution in [0.4, 0.5) is 5.69 Å². The van der Waals surface area contributed by atoms with Crippen molar-refractivity contribution in [1.82, 2.24) is 14.8 Å². The third kappa shape index (κ3) is 5.31. The Kier molecular flexibility index (Phi) is 6.82. The van der Waals surface area contributed by atoms with Gasteiger partial charge in [0.2, 0.25) is 5.91 Å². The topological polar surface area (TPSA) is 69.0 Å². The van der Waals surface area contributed by atoms with Crippen LogP contribution in [0.1, 0.15) is 22.5 Å². The molecule has 0 saturated carbocycles. The second-order valence-electron chi connectivity index (χ2n) is 6.76. The third-order valence-corrected chi connectivity index (χ3v) is 5.74. The average molecular weight is 431 g/mol. The molecular weight excluding hydrogens is 408 g/mol. The van der Waals surface area contributed by atoms with Crippen molar-refractivity contribution < 1.29 is 9.53 Å². The molecule has 0 spiro atoms. The standard InChI is InChI=1S/C21H23ClN4O2S/c1-13-8-9-16(22)10-17(13)23-19(27)12-29-21-25-24-18(26(21)4)11-28-20-14(2)6-5-7-15(20)3/h5-10H,11-12H2,1-4H3,(H,23,27). The van der Waals surface area contributed by atoms with E-state index in [4.69, 9.17) is 16.3 Å². The van der Waals surface area contributed by atoms with Crippen LogP contribution in [-0.2, 0) is 18.4 Å². The van der Waals surface area contributed by atoms with Gasteiger partial charge in [0.05, 0.1) is 5.75 Å². The number of carbonyl (C=O) groups is 1. The Morgan fingerprint density at radius 2 is 1.86 bits per heavy atom. The molecule has 1 aromatic heterocycles. The van der Waals surface area contributed by atoms with E-state index < -0.39 is 0 Å². The van der Waals surface area contributed by atoms with Gasteiger partial charge < -0.3 is 14.6 Å². The fourth-order valence-electron chi connectivity index (χ4n) is 2.81. The van der Waals surface area contributed by atoms with Crippen LogP contribution in [0.2, 0.25) is 5.02 Å². The van der Waals surface area contributed by atoms with Crippen LogP contribution in [0.15, 0.2) is 41.6 Å². The number of hydrogen-bond acceptors (Lipinski definition) is 5. The summed E-state index contributed by atoms with van der Waals surface area (Å²) in [6.45, 7) is 6.26. The molecule has 0 aliphatic rings. The first-order valence-corrected chi connectivity index (χ1v) is 10.5. The quantitative estimate of drug-likeness (QED) is 0.550. The minimum Gasteiger partial charge on any atom is -0.485 e. The number of halogens is 1. The zero-order valence-electron chi connectivity index (χ0n) is 16.8. The van der Waals surface area contributed by atoms with Crippen molar-refractivity contribution in [3.8, 4) is 5.75 Å². The van der Waals surface area contributed by atoms with E-state index in [1.54, 1.807) is 12.1 Å². The number of ether oxygens (including phenoxy) is 1. The molecule has 0 unspecified atom stereocenters. The van der Waals surface area contributed by atoms with Gasteiger partial charge in [-0.1, -0.05) is 47.6 Å². The van der Waals surface area contributed by atoms with Gasteiger partial charge in [0.25, 0.3) is 0 Å². The molecule has 0 radical (unpaired) electrons. The number of hydrogen-bond donors (Lipinski definition) is 1. The van der Waals surface area contributed by atoms with Gasteiger partial charge >= 0.3 is 0 Å². The summed E-state index contributed by atoms with van der Waals surface area (Å²) in [4.78, 5) is 12.3. The van der Waals surface area contributed by atoms with Crippen LogP contribution in [0.5, 0.6) is 5.75 Å². The lowest BCUT2D eigenvalue weighted by atomic mass is 10.1. The summed E-state index contributed by atoms with van der Waals surface area (Å²) in [7, 11) is 1.87. The highest BCUT2D eigenvalue weighted by atomic mass is 35.5. The summed E-state index contributed by atoms with van der Waals surface area (Å²) in [5, 5.41) is 12.5. The second-order valence-corrected chi connectivity index (χ2v) is 8.14. The maximum absolute atomic E-state index is 12.3. The molecule has 0 aliphatic carbocycles. The molecule has 1 amide bonds. The summed E-state index contributed by atoms with van der Waals surface area (Å²) in [6.07, 6.45) is 0. The monoisotopic (exact) mass is 430 g/mol. The predicted molar refractivity (Wildman–Crippen MR) is 117 cm³/mol. The maximum atomic E-state index is 12.3. The van der Waals surface area contributed by atoms with Crippen molar-refractivity contribution in [3.63, 3.8) is 0 Å². The number of nitrogens with one attached hydrogen (secondary N) is 1. The van der Waals surface area contributed by atoms with Gasteiger partial charge in [-0.2, -0.15) is 0 Å². The molecule has 0 atom stereocenters. The molecule has 0 bridgehead atoms. The first-order chi connectivity index (χ1) is 13.8. The van der Waals surface area contributed by atoms with E-state index in [1.807, 2.05) is 56.7 Å². The highest BCUT2D eigenvalue weighted by Gasteiger charge is 2.14. The molecule has 0 fully saturated rings. The minimum absolute atomic E-state index is 0.128. The number of anilines is 1. The summed E-state index contributed by atoms with van der Waals surface area (Å²) in [5.41, 5.74) is 3.82. The van der Waals surface area contributed by atoms with Gasteiger partial charge in [-0.15, -0.1) is 10.2 Å². The summed E-state index contributed by atoms with van der Waals surface area (Å²) in [6, 6.07) is 11.4. The third-order valence-electron chi connectivity index (χ3n) is 4.49. The Balaban J connectivity index is 1.58. The summed E-state index contributed by atoms with van der Waals surface area (Å²) < 4.78 is 7.80.